The van der Waals surface area contributed by atoms with E-state index in [1.54, 1.807) is 6.07 Å². The number of nitrogen functional groups attached to an aromatic ring is 1. The largest absolute Gasteiger partial charge is 0.494 e. The molecule has 0 aliphatic carbocycles. The lowest BCUT2D eigenvalue weighted by Gasteiger charge is -2.11. The van der Waals surface area contributed by atoms with E-state index in [1.165, 1.54) is 0 Å². The quantitative estimate of drug-likeness (QED) is 0.599. The highest BCUT2D eigenvalue weighted by Crippen LogP contribution is 2.20. The summed E-state index contributed by atoms with van der Waals surface area (Å²) in [4.78, 5) is 2.12. The Labute approximate surface area is 103 Å². The Balaban J connectivity index is 2.49. The van der Waals surface area contributed by atoms with E-state index in [4.69, 9.17) is 15.7 Å². The Morgan fingerprint density at radius 1 is 1.41 bits per heavy atom. The van der Waals surface area contributed by atoms with Gasteiger partial charge in [-0.3, -0.25) is 0 Å². The van der Waals surface area contributed by atoms with Crippen molar-refractivity contribution in [3.8, 4) is 11.8 Å². The first-order valence-electron chi connectivity index (χ1n) is 5.66. The highest BCUT2D eigenvalue weighted by Gasteiger charge is 2.01. The lowest BCUT2D eigenvalue weighted by Crippen LogP contribution is -2.15. The van der Waals surface area contributed by atoms with Crippen molar-refractivity contribution in [3.63, 3.8) is 0 Å². The summed E-state index contributed by atoms with van der Waals surface area (Å²) in [6.07, 6.45) is 1.30. The minimum absolute atomic E-state index is 0.320. The number of nitriles is 1. The van der Waals surface area contributed by atoms with Crippen LogP contribution in [0.15, 0.2) is 18.2 Å². The fraction of sp³-hybridized carbons (Fsp3) is 0.462. The molecule has 1 aromatic rings. The molecule has 1 aromatic carbocycles. The summed E-state index contributed by atoms with van der Waals surface area (Å²) < 4.78 is 5.61. The average molecular weight is 233 g/mol. The van der Waals surface area contributed by atoms with Gasteiger partial charge in [-0.25, -0.2) is 0 Å². The maximum Gasteiger partial charge on any atom is 0.119 e. The highest BCUT2D eigenvalue weighted by atomic mass is 16.5. The molecule has 92 valence electrons. The zero-order chi connectivity index (χ0) is 12.7. The maximum absolute atomic E-state index is 8.66. The molecule has 0 aromatic heterocycles. The number of benzene rings is 1. The van der Waals surface area contributed by atoms with Crippen molar-refractivity contribution >= 4 is 5.69 Å². The van der Waals surface area contributed by atoms with Crippen LogP contribution in [-0.2, 0) is 6.42 Å². The van der Waals surface area contributed by atoms with E-state index in [-0.39, 0.29) is 0 Å². The number of hydrogen-bond acceptors (Lipinski definition) is 4. The van der Waals surface area contributed by atoms with Crippen LogP contribution in [0.2, 0.25) is 0 Å². The Kier molecular flexibility index (Phi) is 5.31. The standard InChI is InChI=1S/C13H19N3O/c1-16(2)8-3-9-17-12-4-5-13(15)11(10-12)6-7-14/h4-5,10H,3,6,8-9,15H2,1-2H3. The second-order valence-corrected chi connectivity index (χ2v) is 4.20. The molecule has 0 atom stereocenters. The van der Waals surface area contributed by atoms with Crippen molar-refractivity contribution in [1.82, 2.24) is 4.90 Å². The van der Waals surface area contributed by atoms with Crippen LogP contribution < -0.4 is 10.5 Å². The zero-order valence-electron chi connectivity index (χ0n) is 10.4. The molecule has 2 N–H and O–H groups in total. The van der Waals surface area contributed by atoms with Gasteiger partial charge < -0.3 is 15.4 Å². The molecule has 0 unspecified atom stereocenters. The topological polar surface area (TPSA) is 62.3 Å². The van der Waals surface area contributed by atoms with E-state index in [1.807, 2.05) is 26.2 Å². The minimum Gasteiger partial charge on any atom is -0.494 e. The summed E-state index contributed by atoms with van der Waals surface area (Å²) in [6.45, 7) is 1.67. The van der Waals surface area contributed by atoms with Crippen LogP contribution in [0, 0.1) is 11.3 Å². The maximum atomic E-state index is 8.66. The number of nitrogens with zero attached hydrogens (tertiary/aromatic N) is 2. The second kappa shape index (κ2) is 6.77. The molecule has 0 aliphatic rings. The SMILES string of the molecule is CN(C)CCCOc1ccc(N)c(CC#N)c1. The molecule has 0 saturated carbocycles. The van der Waals surface area contributed by atoms with Gasteiger partial charge in [0, 0.05) is 12.2 Å². The molecule has 0 heterocycles. The second-order valence-electron chi connectivity index (χ2n) is 4.20. The van der Waals surface area contributed by atoms with E-state index in [9.17, 15) is 0 Å². The van der Waals surface area contributed by atoms with Crippen LogP contribution >= 0.6 is 0 Å². The highest BCUT2D eigenvalue weighted by molar-refractivity contribution is 5.51. The third kappa shape index (κ3) is 4.75. The van der Waals surface area contributed by atoms with Gasteiger partial charge in [0.1, 0.15) is 5.75 Å². The first-order valence-corrected chi connectivity index (χ1v) is 5.66. The third-order valence-electron chi connectivity index (χ3n) is 2.40. The zero-order valence-corrected chi connectivity index (χ0v) is 10.4. The number of anilines is 1. The Morgan fingerprint density at radius 3 is 2.82 bits per heavy atom. The van der Waals surface area contributed by atoms with E-state index < -0.39 is 0 Å². The van der Waals surface area contributed by atoms with Gasteiger partial charge in [0.2, 0.25) is 0 Å². The van der Waals surface area contributed by atoms with Gasteiger partial charge in [-0.1, -0.05) is 0 Å². The molecular formula is C13H19N3O. The van der Waals surface area contributed by atoms with E-state index in [0.29, 0.717) is 18.7 Å². The molecule has 0 saturated heterocycles. The number of ether oxygens (including phenoxy) is 1. The smallest absolute Gasteiger partial charge is 0.119 e. The predicted molar refractivity (Wildman–Crippen MR) is 68.8 cm³/mol. The van der Waals surface area contributed by atoms with Gasteiger partial charge in [-0.05, 0) is 44.3 Å². The summed E-state index contributed by atoms with van der Waals surface area (Å²) in [6, 6.07) is 7.56. The molecule has 0 aliphatic heterocycles. The molecule has 17 heavy (non-hydrogen) atoms. The van der Waals surface area contributed by atoms with E-state index >= 15 is 0 Å². The fourth-order valence-electron chi connectivity index (χ4n) is 1.48. The Bertz CT molecular complexity index is 396. The first-order chi connectivity index (χ1) is 8.13. The van der Waals surface area contributed by atoms with Gasteiger partial charge in [0.15, 0.2) is 0 Å². The molecule has 1 rings (SSSR count). The van der Waals surface area contributed by atoms with Crippen molar-refractivity contribution in [2.45, 2.75) is 12.8 Å². The molecular weight excluding hydrogens is 214 g/mol. The monoisotopic (exact) mass is 233 g/mol. The minimum atomic E-state index is 0.320. The Morgan fingerprint density at radius 2 is 2.18 bits per heavy atom. The fourth-order valence-corrected chi connectivity index (χ4v) is 1.48. The summed E-state index contributed by atoms with van der Waals surface area (Å²) in [7, 11) is 4.07. The molecule has 0 radical (unpaired) electrons. The third-order valence-corrected chi connectivity index (χ3v) is 2.40. The lowest BCUT2D eigenvalue weighted by atomic mass is 10.1. The summed E-state index contributed by atoms with van der Waals surface area (Å²) in [5.41, 5.74) is 7.23. The van der Waals surface area contributed by atoms with Crippen LogP contribution in [0.4, 0.5) is 5.69 Å². The van der Waals surface area contributed by atoms with Crippen molar-refractivity contribution in [2.75, 3.05) is 33.0 Å². The van der Waals surface area contributed by atoms with Crippen molar-refractivity contribution in [3.05, 3.63) is 23.8 Å². The molecule has 4 heteroatoms. The summed E-state index contributed by atoms with van der Waals surface area (Å²) in [5, 5.41) is 8.66. The molecule has 4 nitrogen and oxygen atoms in total. The van der Waals surface area contributed by atoms with Gasteiger partial charge in [-0.15, -0.1) is 0 Å². The molecule has 0 bridgehead atoms. The van der Waals surface area contributed by atoms with Gasteiger partial charge in [0.25, 0.3) is 0 Å². The predicted octanol–water partition coefficient (Wildman–Crippen LogP) is 1.67. The van der Waals surface area contributed by atoms with Crippen molar-refractivity contribution in [1.29, 1.82) is 5.26 Å². The van der Waals surface area contributed by atoms with Crippen LogP contribution in [0.5, 0.6) is 5.75 Å². The molecule has 0 fully saturated rings. The van der Waals surface area contributed by atoms with Gasteiger partial charge >= 0.3 is 0 Å². The van der Waals surface area contributed by atoms with Crippen LogP contribution in [-0.4, -0.2) is 32.1 Å². The number of rotatable bonds is 6. The van der Waals surface area contributed by atoms with Crippen LogP contribution in [0.1, 0.15) is 12.0 Å². The molecule has 0 spiro atoms. The Hall–Kier alpha value is -1.73. The van der Waals surface area contributed by atoms with Crippen LogP contribution in [0.25, 0.3) is 0 Å². The van der Waals surface area contributed by atoms with Crippen molar-refractivity contribution < 1.29 is 4.74 Å². The van der Waals surface area contributed by atoms with E-state index in [2.05, 4.69) is 11.0 Å². The number of nitrogens with two attached hydrogens (primary N) is 1. The van der Waals surface area contributed by atoms with E-state index in [0.717, 1.165) is 24.3 Å². The lowest BCUT2D eigenvalue weighted by molar-refractivity contribution is 0.281. The summed E-state index contributed by atoms with van der Waals surface area (Å²) >= 11 is 0. The summed E-state index contributed by atoms with van der Waals surface area (Å²) in [5.74, 6) is 0.781. The molecule has 0 amide bonds. The van der Waals surface area contributed by atoms with Crippen LogP contribution in [0.3, 0.4) is 0 Å². The first kappa shape index (κ1) is 13.3. The van der Waals surface area contributed by atoms with Gasteiger partial charge in [0.05, 0.1) is 19.1 Å². The normalized spacial score (nSPS) is 10.2. The average Bonchev–Trinajstić information content (AvgIpc) is 2.28. The number of hydrogen-bond donors (Lipinski definition) is 1. The van der Waals surface area contributed by atoms with Gasteiger partial charge in [-0.2, -0.15) is 5.26 Å². The van der Waals surface area contributed by atoms with Crippen molar-refractivity contribution in [2.24, 2.45) is 0 Å².